The van der Waals surface area contributed by atoms with Gasteiger partial charge in [-0.05, 0) is 24.6 Å². The molecule has 9 heteroatoms. The van der Waals surface area contributed by atoms with Crippen molar-refractivity contribution < 1.29 is 22.7 Å². The first kappa shape index (κ1) is 16.2. The fraction of sp³-hybridized carbons (Fsp3) is 0.0769. The minimum Gasteiger partial charge on any atom is -0.478 e. The molecule has 0 bridgehead atoms. The molecular formula is C13H10ClFN2O4S. The zero-order valence-electron chi connectivity index (χ0n) is 11.2. The Morgan fingerprint density at radius 1 is 1.36 bits per heavy atom. The number of nitrogens with one attached hydrogen (secondary N) is 1. The summed E-state index contributed by atoms with van der Waals surface area (Å²) in [5, 5.41) is 9.22. The van der Waals surface area contributed by atoms with Crippen molar-refractivity contribution in [2.45, 2.75) is 11.8 Å². The summed E-state index contributed by atoms with van der Waals surface area (Å²) in [6, 6.07) is 3.35. The van der Waals surface area contributed by atoms with E-state index in [1.807, 2.05) is 4.72 Å². The number of benzene rings is 1. The van der Waals surface area contributed by atoms with Gasteiger partial charge in [0.25, 0.3) is 10.0 Å². The normalized spacial score (nSPS) is 11.2. The van der Waals surface area contributed by atoms with Crippen LogP contribution in [-0.4, -0.2) is 24.5 Å². The van der Waals surface area contributed by atoms with Crippen LogP contribution in [0.5, 0.6) is 0 Å². The van der Waals surface area contributed by atoms with Crippen LogP contribution in [0.3, 0.4) is 0 Å². The highest BCUT2D eigenvalue weighted by Crippen LogP contribution is 2.26. The van der Waals surface area contributed by atoms with Gasteiger partial charge in [0.05, 0.1) is 16.3 Å². The SMILES string of the molecule is Cc1ccc(F)c(NS(=O)(=O)c2cncc(Cl)c2)c1C(=O)O. The van der Waals surface area contributed by atoms with Gasteiger partial charge in [-0.2, -0.15) is 0 Å². The third-order valence-corrected chi connectivity index (χ3v) is 4.33. The standard InChI is InChI=1S/C13H10ClFN2O4S/c1-7-2-3-10(15)12(11(7)13(18)19)17-22(20,21)9-4-8(14)5-16-6-9/h2-6,17H,1H3,(H,18,19). The Kier molecular flexibility index (Phi) is 4.34. The molecule has 0 aliphatic heterocycles. The minimum atomic E-state index is -4.23. The summed E-state index contributed by atoms with van der Waals surface area (Å²) in [4.78, 5) is 14.6. The van der Waals surface area contributed by atoms with Crippen LogP contribution in [0.2, 0.25) is 5.02 Å². The molecule has 0 saturated heterocycles. The molecular weight excluding hydrogens is 335 g/mol. The molecule has 0 aliphatic rings. The number of aromatic carboxylic acids is 1. The third-order valence-electron chi connectivity index (χ3n) is 2.80. The van der Waals surface area contributed by atoms with Gasteiger partial charge in [0.2, 0.25) is 0 Å². The average molecular weight is 345 g/mol. The second kappa shape index (κ2) is 5.90. The van der Waals surface area contributed by atoms with Gasteiger partial charge in [-0.25, -0.2) is 17.6 Å². The number of carbonyl (C=O) groups is 1. The van der Waals surface area contributed by atoms with Crippen LogP contribution in [0.1, 0.15) is 15.9 Å². The summed E-state index contributed by atoms with van der Waals surface area (Å²) in [6.45, 7) is 1.43. The summed E-state index contributed by atoms with van der Waals surface area (Å²) in [5.74, 6) is -2.44. The predicted octanol–water partition coefficient (Wildman–Crippen LogP) is 2.68. The van der Waals surface area contributed by atoms with Crippen molar-refractivity contribution in [3.05, 3.63) is 52.6 Å². The van der Waals surface area contributed by atoms with Crippen LogP contribution < -0.4 is 4.72 Å². The molecule has 0 fully saturated rings. The van der Waals surface area contributed by atoms with Crippen LogP contribution >= 0.6 is 11.6 Å². The van der Waals surface area contributed by atoms with E-state index >= 15 is 0 Å². The van der Waals surface area contributed by atoms with E-state index in [4.69, 9.17) is 16.7 Å². The fourth-order valence-electron chi connectivity index (χ4n) is 1.79. The molecule has 0 unspecified atom stereocenters. The van der Waals surface area contributed by atoms with E-state index in [1.54, 1.807) is 0 Å². The first-order chi connectivity index (χ1) is 10.2. The van der Waals surface area contributed by atoms with Crippen molar-refractivity contribution in [2.24, 2.45) is 0 Å². The van der Waals surface area contributed by atoms with Crippen LogP contribution in [0.4, 0.5) is 10.1 Å². The zero-order chi connectivity index (χ0) is 16.5. The van der Waals surface area contributed by atoms with E-state index in [9.17, 15) is 17.6 Å². The number of anilines is 1. The van der Waals surface area contributed by atoms with Gasteiger partial charge in [-0.3, -0.25) is 9.71 Å². The highest BCUT2D eigenvalue weighted by atomic mass is 35.5. The summed E-state index contributed by atoms with van der Waals surface area (Å²) in [5.41, 5.74) is -0.873. The minimum absolute atomic E-state index is 0.0750. The van der Waals surface area contributed by atoms with E-state index < -0.39 is 33.1 Å². The second-order valence-electron chi connectivity index (χ2n) is 4.36. The molecule has 2 aromatic rings. The van der Waals surface area contributed by atoms with E-state index in [-0.39, 0.29) is 15.5 Å². The maximum absolute atomic E-state index is 13.9. The van der Waals surface area contributed by atoms with E-state index in [1.165, 1.54) is 19.2 Å². The average Bonchev–Trinajstić information content (AvgIpc) is 2.42. The molecule has 1 heterocycles. The number of hydrogen-bond acceptors (Lipinski definition) is 4. The summed E-state index contributed by atoms with van der Waals surface area (Å²) >= 11 is 5.67. The Morgan fingerprint density at radius 3 is 2.64 bits per heavy atom. The number of halogens is 2. The Balaban J connectivity index is 2.55. The fourth-order valence-corrected chi connectivity index (χ4v) is 3.10. The molecule has 6 nitrogen and oxygen atoms in total. The summed E-state index contributed by atoms with van der Waals surface area (Å²) < 4.78 is 40.3. The van der Waals surface area contributed by atoms with Gasteiger partial charge in [0, 0.05) is 12.4 Å². The van der Waals surface area contributed by atoms with Crippen LogP contribution in [-0.2, 0) is 10.0 Å². The van der Waals surface area contributed by atoms with Crippen molar-refractivity contribution in [3.63, 3.8) is 0 Å². The first-order valence-electron chi connectivity index (χ1n) is 5.88. The van der Waals surface area contributed by atoms with Gasteiger partial charge >= 0.3 is 5.97 Å². The molecule has 22 heavy (non-hydrogen) atoms. The summed E-state index contributed by atoms with van der Waals surface area (Å²) in [7, 11) is -4.23. The number of nitrogens with zero attached hydrogens (tertiary/aromatic N) is 1. The Labute approximate surface area is 130 Å². The molecule has 2 rings (SSSR count). The third kappa shape index (κ3) is 3.18. The molecule has 0 spiro atoms. The summed E-state index contributed by atoms with van der Waals surface area (Å²) in [6.07, 6.45) is 2.25. The number of sulfonamides is 1. The quantitative estimate of drug-likeness (QED) is 0.888. The van der Waals surface area contributed by atoms with Crippen LogP contribution in [0.25, 0.3) is 0 Å². The van der Waals surface area contributed by atoms with Crippen molar-refractivity contribution in [3.8, 4) is 0 Å². The first-order valence-corrected chi connectivity index (χ1v) is 7.74. The maximum Gasteiger partial charge on any atom is 0.338 e. The zero-order valence-corrected chi connectivity index (χ0v) is 12.7. The lowest BCUT2D eigenvalue weighted by atomic mass is 10.1. The molecule has 0 aliphatic carbocycles. The number of aryl methyl sites for hydroxylation is 1. The number of carboxylic acids is 1. The Morgan fingerprint density at radius 2 is 2.05 bits per heavy atom. The largest absolute Gasteiger partial charge is 0.478 e. The smallest absolute Gasteiger partial charge is 0.338 e. The maximum atomic E-state index is 13.9. The molecule has 0 saturated carbocycles. The highest BCUT2D eigenvalue weighted by Gasteiger charge is 2.23. The van der Waals surface area contributed by atoms with E-state index in [2.05, 4.69) is 4.98 Å². The predicted molar refractivity (Wildman–Crippen MR) is 78.2 cm³/mol. The van der Waals surface area contributed by atoms with Crippen LogP contribution in [0, 0.1) is 12.7 Å². The van der Waals surface area contributed by atoms with Crippen molar-refractivity contribution in [1.82, 2.24) is 4.98 Å². The Bertz CT molecular complexity index is 855. The van der Waals surface area contributed by atoms with Crippen molar-refractivity contribution >= 4 is 33.3 Å². The Hall–Kier alpha value is -2.19. The molecule has 0 amide bonds. The monoisotopic (exact) mass is 344 g/mol. The van der Waals surface area contributed by atoms with Crippen LogP contribution in [0.15, 0.2) is 35.5 Å². The number of aromatic nitrogens is 1. The van der Waals surface area contributed by atoms with Crippen molar-refractivity contribution in [1.29, 1.82) is 0 Å². The lowest BCUT2D eigenvalue weighted by molar-refractivity contribution is 0.0697. The lowest BCUT2D eigenvalue weighted by Gasteiger charge is -2.13. The van der Waals surface area contributed by atoms with Crippen molar-refractivity contribution in [2.75, 3.05) is 4.72 Å². The highest BCUT2D eigenvalue weighted by molar-refractivity contribution is 7.92. The van der Waals surface area contributed by atoms with E-state index in [0.717, 1.165) is 18.3 Å². The molecule has 0 radical (unpaired) electrons. The number of pyridine rings is 1. The molecule has 2 N–H and O–H groups in total. The topological polar surface area (TPSA) is 96.4 Å². The number of rotatable bonds is 4. The molecule has 1 aromatic carbocycles. The lowest BCUT2D eigenvalue weighted by Crippen LogP contribution is -2.18. The molecule has 1 aromatic heterocycles. The van der Waals surface area contributed by atoms with E-state index in [0.29, 0.717) is 0 Å². The van der Waals surface area contributed by atoms with Gasteiger partial charge < -0.3 is 5.11 Å². The molecule has 116 valence electrons. The number of hydrogen-bond donors (Lipinski definition) is 2. The second-order valence-corrected chi connectivity index (χ2v) is 6.48. The van der Waals surface area contributed by atoms with Gasteiger partial charge in [-0.15, -0.1) is 0 Å². The van der Waals surface area contributed by atoms with Gasteiger partial charge in [0.1, 0.15) is 10.7 Å². The molecule has 0 atom stereocenters. The van der Waals surface area contributed by atoms with Gasteiger partial charge in [-0.1, -0.05) is 17.7 Å². The van der Waals surface area contributed by atoms with Gasteiger partial charge in [0.15, 0.2) is 0 Å². The number of carboxylic acid groups (broad SMARTS) is 1.